The van der Waals surface area contributed by atoms with E-state index in [9.17, 15) is 8.42 Å². The van der Waals surface area contributed by atoms with Crippen molar-refractivity contribution in [2.45, 2.75) is 23.6 Å². The van der Waals surface area contributed by atoms with Crippen LogP contribution in [0.2, 0.25) is 0 Å². The van der Waals surface area contributed by atoms with E-state index in [4.69, 9.17) is 9.47 Å². The molecule has 0 unspecified atom stereocenters. The van der Waals surface area contributed by atoms with Crippen molar-refractivity contribution in [2.24, 2.45) is 0 Å². The molecule has 2 aromatic rings. The van der Waals surface area contributed by atoms with Crippen LogP contribution in [0.25, 0.3) is 0 Å². The first kappa shape index (κ1) is 15.4. The average molecular weight is 306 g/mol. The summed E-state index contributed by atoms with van der Waals surface area (Å²) in [6.45, 7) is 3.52. The molecule has 0 aromatic heterocycles. The summed E-state index contributed by atoms with van der Waals surface area (Å²) in [6.07, 6.45) is 0. The maximum Gasteiger partial charge on any atom is 0.207 e. The minimum absolute atomic E-state index is 0.288. The molecule has 0 N–H and O–H groups in total. The summed E-state index contributed by atoms with van der Waals surface area (Å²) in [5.41, 5.74) is 1.31. The van der Waals surface area contributed by atoms with Crippen LogP contribution in [0.4, 0.5) is 0 Å². The molecule has 0 bridgehead atoms. The van der Waals surface area contributed by atoms with E-state index in [0.717, 1.165) is 0 Å². The van der Waals surface area contributed by atoms with E-state index in [-0.39, 0.29) is 9.79 Å². The van der Waals surface area contributed by atoms with Gasteiger partial charge in [-0.2, -0.15) is 0 Å². The van der Waals surface area contributed by atoms with Crippen molar-refractivity contribution >= 4 is 9.84 Å². The van der Waals surface area contributed by atoms with Crippen LogP contribution in [0.15, 0.2) is 46.2 Å². The minimum Gasteiger partial charge on any atom is -0.497 e. The molecule has 21 heavy (non-hydrogen) atoms. The number of sulfone groups is 1. The smallest absolute Gasteiger partial charge is 0.207 e. The lowest BCUT2D eigenvalue weighted by molar-refractivity contribution is 0.414. The Morgan fingerprint density at radius 1 is 0.762 bits per heavy atom. The van der Waals surface area contributed by atoms with Gasteiger partial charge in [0.25, 0.3) is 0 Å². The molecule has 112 valence electrons. The lowest BCUT2D eigenvalue weighted by atomic mass is 10.2. The van der Waals surface area contributed by atoms with E-state index in [0.29, 0.717) is 22.6 Å². The van der Waals surface area contributed by atoms with Crippen LogP contribution < -0.4 is 9.47 Å². The molecule has 0 aliphatic carbocycles. The van der Waals surface area contributed by atoms with Gasteiger partial charge < -0.3 is 9.47 Å². The zero-order valence-electron chi connectivity index (χ0n) is 12.5. The number of methoxy groups -OCH3 is 2. The summed E-state index contributed by atoms with van der Waals surface area (Å²) >= 11 is 0. The molecule has 0 saturated carbocycles. The van der Waals surface area contributed by atoms with Crippen LogP contribution in [0.5, 0.6) is 11.5 Å². The summed E-state index contributed by atoms with van der Waals surface area (Å²) in [5.74, 6) is 1.27. The van der Waals surface area contributed by atoms with Crippen LogP contribution in [0.3, 0.4) is 0 Å². The fourth-order valence-electron chi connectivity index (χ4n) is 2.22. The molecule has 0 radical (unpaired) electrons. The molecule has 2 aromatic carbocycles. The minimum atomic E-state index is -3.56. The molecule has 0 atom stereocenters. The molecule has 0 saturated heterocycles. The number of ether oxygens (including phenoxy) is 2. The number of hydrogen-bond acceptors (Lipinski definition) is 4. The van der Waals surface area contributed by atoms with Gasteiger partial charge in [-0.3, -0.25) is 0 Å². The number of aryl methyl sites for hydroxylation is 2. The third kappa shape index (κ3) is 2.88. The number of rotatable bonds is 4. The first-order valence-electron chi connectivity index (χ1n) is 6.44. The van der Waals surface area contributed by atoms with E-state index >= 15 is 0 Å². The predicted octanol–water partition coefficient (Wildman–Crippen LogP) is 3.15. The van der Waals surface area contributed by atoms with Gasteiger partial charge in [0.05, 0.1) is 24.0 Å². The third-order valence-corrected chi connectivity index (χ3v) is 5.42. The fourth-order valence-corrected chi connectivity index (χ4v) is 3.92. The molecule has 0 amide bonds. The number of hydrogen-bond donors (Lipinski definition) is 0. The molecular formula is C16H18O4S. The van der Waals surface area contributed by atoms with Crippen LogP contribution in [0.1, 0.15) is 11.1 Å². The molecule has 0 fully saturated rings. The quantitative estimate of drug-likeness (QED) is 0.870. The first-order valence-corrected chi connectivity index (χ1v) is 7.93. The van der Waals surface area contributed by atoms with Gasteiger partial charge in [0.1, 0.15) is 11.5 Å². The van der Waals surface area contributed by atoms with Crippen molar-refractivity contribution in [2.75, 3.05) is 14.2 Å². The molecule has 2 rings (SSSR count). The second kappa shape index (κ2) is 5.77. The second-order valence-electron chi connectivity index (χ2n) is 4.77. The molecular weight excluding hydrogens is 288 g/mol. The van der Waals surface area contributed by atoms with Gasteiger partial charge in [0, 0.05) is 0 Å². The van der Waals surface area contributed by atoms with Gasteiger partial charge in [-0.25, -0.2) is 8.42 Å². The topological polar surface area (TPSA) is 52.6 Å². The van der Waals surface area contributed by atoms with E-state index in [2.05, 4.69) is 0 Å². The SMILES string of the molecule is COc1ccc(S(=O)(=O)c2ccc(OC)cc2C)c(C)c1. The van der Waals surface area contributed by atoms with Crippen LogP contribution in [-0.4, -0.2) is 22.6 Å². The summed E-state index contributed by atoms with van der Waals surface area (Å²) in [7, 11) is -0.457. The molecule has 4 nitrogen and oxygen atoms in total. The van der Waals surface area contributed by atoms with Crippen molar-refractivity contribution in [3.8, 4) is 11.5 Å². The summed E-state index contributed by atoms with van der Waals surface area (Å²) < 4.78 is 35.8. The van der Waals surface area contributed by atoms with Gasteiger partial charge in [-0.1, -0.05) is 0 Å². The van der Waals surface area contributed by atoms with Gasteiger partial charge >= 0.3 is 0 Å². The number of benzene rings is 2. The Morgan fingerprint density at radius 3 is 1.43 bits per heavy atom. The van der Waals surface area contributed by atoms with E-state index in [1.165, 1.54) is 0 Å². The highest BCUT2D eigenvalue weighted by Gasteiger charge is 2.22. The van der Waals surface area contributed by atoms with E-state index in [1.54, 1.807) is 64.5 Å². The highest BCUT2D eigenvalue weighted by atomic mass is 32.2. The van der Waals surface area contributed by atoms with Crippen molar-refractivity contribution in [3.63, 3.8) is 0 Å². The van der Waals surface area contributed by atoms with Gasteiger partial charge in [0.2, 0.25) is 9.84 Å². The Balaban J connectivity index is 2.57. The Labute approximate surface area is 125 Å². The standard InChI is InChI=1S/C16H18O4S/c1-11-9-13(19-3)5-7-15(11)21(17,18)16-8-6-14(20-4)10-12(16)2/h5-10H,1-4H3. The Morgan fingerprint density at radius 2 is 1.14 bits per heavy atom. The van der Waals surface area contributed by atoms with Crippen molar-refractivity contribution in [1.82, 2.24) is 0 Å². The van der Waals surface area contributed by atoms with E-state index < -0.39 is 9.84 Å². The van der Waals surface area contributed by atoms with Crippen molar-refractivity contribution in [1.29, 1.82) is 0 Å². The van der Waals surface area contributed by atoms with Crippen LogP contribution in [-0.2, 0) is 9.84 Å². The third-order valence-electron chi connectivity index (χ3n) is 3.34. The molecule has 0 aliphatic rings. The predicted molar refractivity (Wildman–Crippen MR) is 80.9 cm³/mol. The van der Waals surface area contributed by atoms with Gasteiger partial charge in [0.15, 0.2) is 0 Å². The highest BCUT2D eigenvalue weighted by Crippen LogP contribution is 2.30. The molecule has 0 heterocycles. The lowest BCUT2D eigenvalue weighted by Crippen LogP contribution is -2.06. The zero-order valence-corrected chi connectivity index (χ0v) is 13.3. The zero-order chi connectivity index (χ0) is 15.6. The van der Waals surface area contributed by atoms with Gasteiger partial charge in [-0.05, 0) is 61.4 Å². The summed E-state index contributed by atoms with van der Waals surface area (Å²) in [5, 5.41) is 0. The largest absolute Gasteiger partial charge is 0.497 e. The summed E-state index contributed by atoms with van der Waals surface area (Å²) in [4.78, 5) is 0.577. The van der Waals surface area contributed by atoms with Crippen LogP contribution in [0, 0.1) is 13.8 Å². The lowest BCUT2D eigenvalue weighted by Gasteiger charge is -2.12. The maximum atomic E-state index is 12.8. The Kier molecular flexibility index (Phi) is 4.23. The molecule has 0 aliphatic heterocycles. The molecule has 5 heteroatoms. The fraction of sp³-hybridized carbons (Fsp3) is 0.250. The maximum absolute atomic E-state index is 12.8. The van der Waals surface area contributed by atoms with Crippen LogP contribution >= 0.6 is 0 Å². The highest BCUT2D eigenvalue weighted by molar-refractivity contribution is 7.91. The second-order valence-corrected chi connectivity index (χ2v) is 6.65. The monoisotopic (exact) mass is 306 g/mol. The Hall–Kier alpha value is -2.01. The average Bonchev–Trinajstić information content (AvgIpc) is 2.46. The van der Waals surface area contributed by atoms with Crippen molar-refractivity contribution in [3.05, 3.63) is 47.5 Å². The first-order chi connectivity index (χ1) is 9.90. The van der Waals surface area contributed by atoms with Gasteiger partial charge in [-0.15, -0.1) is 0 Å². The normalized spacial score (nSPS) is 11.2. The summed E-state index contributed by atoms with van der Waals surface area (Å²) in [6, 6.07) is 9.88. The Bertz CT molecular complexity index is 704. The molecule has 0 spiro atoms. The van der Waals surface area contributed by atoms with E-state index in [1.807, 2.05) is 0 Å². The van der Waals surface area contributed by atoms with Crippen molar-refractivity contribution < 1.29 is 17.9 Å².